The highest BCUT2D eigenvalue weighted by atomic mass is 16.5. The van der Waals surface area contributed by atoms with E-state index in [0.717, 1.165) is 29.7 Å². The predicted molar refractivity (Wildman–Crippen MR) is 113 cm³/mol. The second kappa shape index (κ2) is 8.78. The van der Waals surface area contributed by atoms with Gasteiger partial charge in [-0.1, -0.05) is 42.0 Å². The fourth-order valence-electron chi connectivity index (χ4n) is 3.73. The molecule has 2 aromatic carbocycles. The van der Waals surface area contributed by atoms with Crippen LogP contribution in [0.25, 0.3) is 0 Å². The summed E-state index contributed by atoms with van der Waals surface area (Å²) in [7, 11) is 0. The van der Waals surface area contributed by atoms with Crippen LogP contribution in [0.15, 0.2) is 48.5 Å². The van der Waals surface area contributed by atoms with Gasteiger partial charge in [0.1, 0.15) is 0 Å². The van der Waals surface area contributed by atoms with Gasteiger partial charge in [0.2, 0.25) is 11.8 Å². The molecule has 152 valence electrons. The Morgan fingerprint density at radius 1 is 1.03 bits per heavy atom. The van der Waals surface area contributed by atoms with Crippen LogP contribution in [0.3, 0.4) is 0 Å². The summed E-state index contributed by atoms with van der Waals surface area (Å²) in [5.74, 6) is 0.484. The van der Waals surface area contributed by atoms with E-state index in [9.17, 15) is 9.59 Å². The molecule has 5 nitrogen and oxygen atoms in total. The number of ether oxygens (including phenoxy) is 1. The van der Waals surface area contributed by atoms with E-state index < -0.39 is 0 Å². The molecule has 5 heteroatoms. The Balaban J connectivity index is 1.47. The molecule has 2 aliphatic rings. The minimum absolute atomic E-state index is 0.131. The Bertz CT molecular complexity index is 868. The largest absolute Gasteiger partial charge is 0.378 e. The lowest BCUT2D eigenvalue weighted by molar-refractivity contribution is -0.134. The summed E-state index contributed by atoms with van der Waals surface area (Å²) in [5.41, 5.74) is 4.19. The normalized spacial score (nSPS) is 16.5. The maximum Gasteiger partial charge on any atom is 0.230 e. The SMILES string of the molecule is Cc1cccc(CN(C(=O)C2CC2)c2ccc(CC(=O)N3CCOCC3)cc2)c1. The van der Waals surface area contributed by atoms with Gasteiger partial charge in [-0.2, -0.15) is 0 Å². The molecule has 2 aromatic rings. The molecule has 0 spiro atoms. The van der Waals surface area contributed by atoms with Gasteiger partial charge in [-0.3, -0.25) is 9.59 Å². The third-order valence-corrected chi connectivity index (χ3v) is 5.58. The van der Waals surface area contributed by atoms with E-state index in [0.29, 0.717) is 39.3 Å². The van der Waals surface area contributed by atoms with Gasteiger partial charge >= 0.3 is 0 Å². The Morgan fingerprint density at radius 3 is 2.41 bits per heavy atom. The van der Waals surface area contributed by atoms with Crippen molar-refractivity contribution in [1.29, 1.82) is 0 Å². The van der Waals surface area contributed by atoms with Crippen molar-refractivity contribution in [3.8, 4) is 0 Å². The maximum atomic E-state index is 12.9. The van der Waals surface area contributed by atoms with Gasteiger partial charge in [0.05, 0.1) is 26.2 Å². The first-order valence-corrected chi connectivity index (χ1v) is 10.4. The number of hydrogen-bond donors (Lipinski definition) is 0. The predicted octanol–water partition coefficient (Wildman–Crippen LogP) is 3.34. The van der Waals surface area contributed by atoms with Crippen LogP contribution in [0, 0.1) is 12.8 Å². The number of morpholine rings is 1. The summed E-state index contributed by atoms with van der Waals surface area (Å²) in [6.07, 6.45) is 2.35. The van der Waals surface area contributed by atoms with E-state index in [4.69, 9.17) is 4.74 Å². The van der Waals surface area contributed by atoms with Crippen molar-refractivity contribution < 1.29 is 14.3 Å². The molecular weight excluding hydrogens is 364 g/mol. The van der Waals surface area contributed by atoms with Crippen LogP contribution in [-0.4, -0.2) is 43.0 Å². The molecule has 0 aromatic heterocycles. The second-order valence-corrected chi connectivity index (χ2v) is 8.02. The zero-order valence-corrected chi connectivity index (χ0v) is 17.0. The third kappa shape index (κ3) is 5.04. The molecule has 0 bridgehead atoms. The van der Waals surface area contributed by atoms with Gasteiger partial charge in [-0.05, 0) is 43.0 Å². The smallest absolute Gasteiger partial charge is 0.230 e. The number of aryl methyl sites for hydroxylation is 1. The van der Waals surface area contributed by atoms with Crippen molar-refractivity contribution >= 4 is 17.5 Å². The molecule has 0 N–H and O–H groups in total. The lowest BCUT2D eigenvalue weighted by Gasteiger charge is -2.27. The molecule has 29 heavy (non-hydrogen) atoms. The van der Waals surface area contributed by atoms with Crippen LogP contribution >= 0.6 is 0 Å². The summed E-state index contributed by atoms with van der Waals surface area (Å²) in [6.45, 7) is 5.19. The number of nitrogens with zero attached hydrogens (tertiary/aromatic N) is 2. The molecular formula is C24H28N2O3. The molecule has 1 saturated carbocycles. The minimum Gasteiger partial charge on any atom is -0.378 e. The Kier molecular flexibility index (Phi) is 5.95. The number of carbonyl (C=O) groups excluding carboxylic acids is 2. The lowest BCUT2D eigenvalue weighted by atomic mass is 10.1. The van der Waals surface area contributed by atoms with Crippen molar-refractivity contribution in [2.24, 2.45) is 5.92 Å². The Morgan fingerprint density at radius 2 is 1.76 bits per heavy atom. The molecule has 2 amide bonds. The van der Waals surface area contributed by atoms with E-state index in [1.54, 1.807) is 0 Å². The molecule has 1 heterocycles. The van der Waals surface area contributed by atoms with Crippen LogP contribution in [0.4, 0.5) is 5.69 Å². The quantitative estimate of drug-likeness (QED) is 0.758. The number of carbonyl (C=O) groups is 2. The third-order valence-electron chi connectivity index (χ3n) is 5.58. The van der Waals surface area contributed by atoms with Gasteiger partial charge in [-0.25, -0.2) is 0 Å². The average Bonchev–Trinajstić information content (AvgIpc) is 3.58. The zero-order chi connectivity index (χ0) is 20.2. The molecule has 2 fully saturated rings. The van der Waals surface area contributed by atoms with Crippen LogP contribution < -0.4 is 4.90 Å². The van der Waals surface area contributed by atoms with Gasteiger partial charge < -0.3 is 14.5 Å². The van der Waals surface area contributed by atoms with E-state index in [1.165, 1.54) is 5.56 Å². The van der Waals surface area contributed by atoms with Crippen molar-refractivity contribution in [2.75, 3.05) is 31.2 Å². The summed E-state index contributed by atoms with van der Waals surface area (Å²) < 4.78 is 5.31. The van der Waals surface area contributed by atoms with E-state index in [2.05, 4.69) is 25.1 Å². The number of rotatable bonds is 6. The highest BCUT2D eigenvalue weighted by molar-refractivity contribution is 5.96. The van der Waals surface area contributed by atoms with Gasteiger partial charge in [-0.15, -0.1) is 0 Å². The van der Waals surface area contributed by atoms with Gasteiger partial charge in [0.15, 0.2) is 0 Å². The molecule has 4 rings (SSSR count). The molecule has 1 aliphatic heterocycles. The highest BCUT2D eigenvalue weighted by Gasteiger charge is 2.34. The van der Waals surface area contributed by atoms with Crippen molar-refractivity contribution in [1.82, 2.24) is 4.90 Å². The monoisotopic (exact) mass is 392 g/mol. The molecule has 0 radical (unpaired) electrons. The summed E-state index contributed by atoms with van der Waals surface area (Å²) >= 11 is 0. The van der Waals surface area contributed by atoms with E-state index in [1.807, 2.05) is 40.1 Å². The standard InChI is InChI=1S/C24H28N2O3/c1-18-3-2-4-20(15-18)17-26(24(28)21-7-8-21)22-9-5-19(6-10-22)16-23(27)25-11-13-29-14-12-25/h2-6,9-10,15,21H,7-8,11-14,16-17H2,1H3. The molecule has 0 atom stereocenters. The first kappa shape index (κ1) is 19.6. The maximum absolute atomic E-state index is 12.9. The minimum atomic E-state index is 0.131. The van der Waals surface area contributed by atoms with Crippen molar-refractivity contribution in [2.45, 2.75) is 32.7 Å². The fourth-order valence-corrected chi connectivity index (χ4v) is 3.73. The zero-order valence-electron chi connectivity index (χ0n) is 17.0. The Labute approximate surface area is 172 Å². The van der Waals surface area contributed by atoms with Crippen LogP contribution in [0.2, 0.25) is 0 Å². The molecule has 0 unspecified atom stereocenters. The molecule has 1 saturated heterocycles. The van der Waals surface area contributed by atoms with E-state index in [-0.39, 0.29) is 17.7 Å². The number of benzene rings is 2. The number of amides is 2. The van der Waals surface area contributed by atoms with Gasteiger partial charge in [0.25, 0.3) is 0 Å². The van der Waals surface area contributed by atoms with Crippen molar-refractivity contribution in [3.63, 3.8) is 0 Å². The van der Waals surface area contributed by atoms with Crippen molar-refractivity contribution in [3.05, 3.63) is 65.2 Å². The fraction of sp³-hybridized carbons (Fsp3) is 0.417. The van der Waals surface area contributed by atoms with Crippen LogP contribution in [0.5, 0.6) is 0 Å². The second-order valence-electron chi connectivity index (χ2n) is 8.02. The van der Waals surface area contributed by atoms with E-state index >= 15 is 0 Å². The number of anilines is 1. The topological polar surface area (TPSA) is 49.9 Å². The average molecular weight is 392 g/mol. The summed E-state index contributed by atoms with van der Waals surface area (Å²) in [5, 5.41) is 0. The summed E-state index contributed by atoms with van der Waals surface area (Å²) in [4.78, 5) is 29.1. The molecule has 1 aliphatic carbocycles. The highest BCUT2D eigenvalue weighted by Crippen LogP contribution is 2.33. The first-order valence-electron chi connectivity index (χ1n) is 10.4. The van der Waals surface area contributed by atoms with Crippen LogP contribution in [-0.2, 0) is 27.3 Å². The van der Waals surface area contributed by atoms with Gasteiger partial charge in [0, 0.05) is 24.7 Å². The Hall–Kier alpha value is -2.66. The summed E-state index contributed by atoms with van der Waals surface area (Å²) in [6, 6.07) is 16.2. The van der Waals surface area contributed by atoms with Crippen LogP contribution in [0.1, 0.15) is 29.5 Å². The lowest BCUT2D eigenvalue weighted by Crippen LogP contribution is -2.41. The number of hydrogen-bond acceptors (Lipinski definition) is 3. The first-order chi connectivity index (χ1) is 14.1.